The molecule has 0 aromatic carbocycles. The summed E-state index contributed by atoms with van der Waals surface area (Å²) in [5.74, 6) is 0. The van der Waals surface area contributed by atoms with E-state index in [4.69, 9.17) is 0 Å². The fraction of sp³-hybridized carbons (Fsp3) is 0.857. The van der Waals surface area contributed by atoms with Crippen LogP contribution in [-0.4, -0.2) is 38.2 Å². The first-order chi connectivity index (χ1) is 4.62. The number of carbonyl (C=O) groups excluding carboxylic acids is 1. The van der Waals surface area contributed by atoms with Gasteiger partial charge in [-0.2, -0.15) is 0 Å². The molecule has 0 aliphatic rings. The Morgan fingerprint density at radius 3 is 2.50 bits per heavy atom. The Balaban J connectivity index is 3.51. The molecule has 60 valence electrons. The van der Waals surface area contributed by atoms with Crippen LogP contribution in [0.15, 0.2) is 0 Å². The first kappa shape index (κ1) is 9.43. The average Bonchev–Trinajstić information content (AvgIpc) is 1.84. The van der Waals surface area contributed by atoms with Crippen LogP contribution in [0.25, 0.3) is 0 Å². The summed E-state index contributed by atoms with van der Waals surface area (Å²) in [4.78, 5) is 9.93. The van der Waals surface area contributed by atoms with E-state index in [-0.39, 0.29) is 0 Å². The van der Waals surface area contributed by atoms with Gasteiger partial charge in [-0.3, -0.25) is 4.79 Å². The van der Waals surface area contributed by atoms with E-state index in [2.05, 4.69) is 26.3 Å². The Morgan fingerprint density at radius 1 is 1.50 bits per heavy atom. The van der Waals surface area contributed by atoms with Crippen LogP contribution in [0.5, 0.6) is 0 Å². The summed E-state index contributed by atoms with van der Waals surface area (Å²) in [6, 6.07) is 0. The molecule has 0 unspecified atom stereocenters. The number of nitrogens with one attached hydrogen (secondary N) is 1. The SMILES string of the molecule is CCC[N+](C)(C)CNC=O. The molecule has 10 heavy (non-hydrogen) atoms. The van der Waals surface area contributed by atoms with Gasteiger partial charge in [0.1, 0.15) is 0 Å². The molecule has 0 aliphatic heterocycles. The molecule has 0 bridgehead atoms. The molecule has 0 fully saturated rings. The van der Waals surface area contributed by atoms with Crippen molar-refractivity contribution >= 4 is 6.41 Å². The van der Waals surface area contributed by atoms with Gasteiger partial charge in [-0.25, -0.2) is 0 Å². The van der Waals surface area contributed by atoms with E-state index in [0.29, 0.717) is 0 Å². The topological polar surface area (TPSA) is 29.1 Å². The highest BCUT2D eigenvalue weighted by Crippen LogP contribution is 1.94. The van der Waals surface area contributed by atoms with Crippen LogP contribution in [0.1, 0.15) is 13.3 Å². The van der Waals surface area contributed by atoms with Gasteiger partial charge < -0.3 is 9.80 Å². The predicted molar refractivity (Wildman–Crippen MR) is 41.3 cm³/mol. The van der Waals surface area contributed by atoms with Crippen LogP contribution in [0, 0.1) is 0 Å². The van der Waals surface area contributed by atoms with Crippen molar-refractivity contribution in [2.24, 2.45) is 0 Å². The molecule has 1 N–H and O–H groups in total. The maximum atomic E-state index is 9.93. The molecule has 0 spiro atoms. The molecular weight excluding hydrogens is 128 g/mol. The van der Waals surface area contributed by atoms with Crippen molar-refractivity contribution in [1.82, 2.24) is 5.32 Å². The number of amides is 1. The van der Waals surface area contributed by atoms with Crippen LogP contribution in [0.2, 0.25) is 0 Å². The summed E-state index contributed by atoms with van der Waals surface area (Å²) in [6.07, 6.45) is 1.89. The summed E-state index contributed by atoms with van der Waals surface area (Å²) in [5, 5.41) is 2.66. The molecule has 0 aliphatic carbocycles. The molecule has 0 heterocycles. The molecule has 0 saturated carbocycles. The van der Waals surface area contributed by atoms with Gasteiger partial charge in [0, 0.05) is 0 Å². The minimum absolute atomic E-state index is 0.720. The van der Waals surface area contributed by atoms with Gasteiger partial charge in [0.05, 0.1) is 20.6 Å². The minimum Gasteiger partial charge on any atom is -0.312 e. The highest BCUT2D eigenvalue weighted by atomic mass is 16.1. The maximum absolute atomic E-state index is 9.93. The van der Waals surface area contributed by atoms with E-state index in [0.717, 1.165) is 30.5 Å². The van der Waals surface area contributed by atoms with E-state index in [1.54, 1.807) is 0 Å². The number of quaternary nitrogens is 1. The van der Waals surface area contributed by atoms with E-state index >= 15 is 0 Å². The van der Waals surface area contributed by atoms with Crippen LogP contribution >= 0.6 is 0 Å². The number of nitrogens with zero attached hydrogens (tertiary/aromatic N) is 1. The zero-order valence-corrected chi connectivity index (χ0v) is 7.05. The van der Waals surface area contributed by atoms with E-state index < -0.39 is 0 Å². The summed E-state index contributed by atoms with van der Waals surface area (Å²) in [5.41, 5.74) is 0. The molecule has 0 aromatic heterocycles. The van der Waals surface area contributed by atoms with Gasteiger partial charge in [0.15, 0.2) is 6.67 Å². The Bertz CT molecular complexity index is 102. The molecule has 0 aromatic rings. The number of hydrogen-bond donors (Lipinski definition) is 1. The third-order valence-electron chi connectivity index (χ3n) is 1.43. The van der Waals surface area contributed by atoms with Crippen LogP contribution < -0.4 is 5.32 Å². The maximum Gasteiger partial charge on any atom is 0.211 e. The lowest BCUT2D eigenvalue weighted by atomic mass is 10.4. The second kappa shape index (κ2) is 4.28. The van der Waals surface area contributed by atoms with Crippen molar-refractivity contribution in [3.63, 3.8) is 0 Å². The highest BCUT2D eigenvalue weighted by molar-refractivity contribution is 5.45. The smallest absolute Gasteiger partial charge is 0.211 e. The van der Waals surface area contributed by atoms with Gasteiger partial charge in [-0.15, -0.1) is 0 Å². The number of hydrogen-bond acceptors (Lipinski definition) is 1. The van der Waals surface area contributed by atoms with Crippen molar-refractivity contribution in [2.75, 3.05) is 27.3 Å². The van der Waals surface area contributed by atoms with Gasteiger partial charge >= 0.3 is 0 Å². The number of rotatable bonds is 5. The standard InChI is InChI=1S/C7H16N2O/c1-4-5-9(2,3)6-8-7-10/h7H,4-6H2,1-3H3/p+1. The third kappa shape index (κ3) is 4.32. The average molecular weight is 145 g/mol. The van der Waals surface area contributed by atoms with Crippen molar-refractivity contribution in [3.05, 3.63) is 0 Å². The zero-order valence-electron chi connectivity index (χ0n) is 7.05. The molecular formula is C7H17N2O+. The van der Waals surface area contributed by atoms with Crippen LogP contribution in [-0.2, 0) is 4.79 Å². The van der Waals surface area contributed by atoms with Gasteiger partial charge in [-0.1, -0.05) is 6.92 Å². The zero-order chi connectivity index (χ0) is 8.04. The summed E-state index contributed by atoms with van der Waals surface area (Å²) in [7, 11) is 4.19. The Morgan fingerprint density at radius 2 is 2.10 bits per heavy atom. The van der Waals surface area contributed by atoms with Crippen LogP contribution in [0.3, 0.4) is 0 Å². The lowest BCUT2D eigenvalue weighted by Crippen LogP contribution is -2.46. The van der Waals surface area contributed by atoms with Gasteiger partial charge in [-0.05, 0) is 6.42 Å². The highest BCUT2D eigenvalue weighted by Gasteiger charge is 2.10. The van der Waals surface area contributed by atoms with E-state index in [1.165, 1.54) is 0 Å². The Hall–Kier alpha value is -0.570. The third-order valence-corrected chi connectivity index (χ3v) is 1.43. The van der Waals surface area contributed by atoms with E-state index in [1.807, 2.05) is 0 Å². The second-order valence-electron chi connectivity index (χ2n) is 3.14. The van der Waals surface area contributed by atoms with Gasteiger partial charge in [0.25, 0.3) is 0 Å². The van der Waals surface area contributed by atoms with E-state index in [9.17, 15) is 4.79 Å². The first-order valence-corrected chi connectivity index (χ1v) is 3.61. The summed E-state index contributed by atoms with van der Waals surface area (Å²) < 4.78 is 0.856. The lowest BCUT2D eigenvalue weighted by Gasteiger charge is -2.28. The molecule has 0 atom stereocenters. The summed E-state index contributed by atoms with van der Waals surface area (Å²) in [6.45, 7) is 3.96. The predicted octanol–water partition coefficient (Wildman–Crippen LogP) is 0.176. The Labute approximate surface area is 62.6 Å². The largest absolute Gasteiger partial charge is 0.312 e. The molecule has 0 rings (SSSR count). The molecule has 1 amide bonds. The van der Waals surface area contributed by atoms with Crippen molar-refractivity contribution in [2.45, 2.75) is 13.3 Å². The van der Waals surface area contributed by atoms with Crippen molar-refractivity contribution < 1.29 is 9.28 Å². The Kier molecular flexibility index (Phi) is 4.03. The minimum atomic E-state index is 0.720. The van der Waals surface area contributed by atoms with Crippen molar-refractivity contribution in [1.29, 1.82) is 0 Å². The first-order valence-electron chi connectivity index (χ1n) is 3.61. The monoisotopic (exact) mass is 145 g/mol. The lowest BCUT2D eigenvalue weighted by molar-refractivity contribution is -0.892. The number of carbonyl (C=O) groups is 1. The molecule has 3 heteroatoms. The quantitative estimate of drug-likeness (QED) is 0.334. The molecule has 0 saturated heterocycles. The fourth-order valence-electron chi connectivity index (χ4n) is 0.969. The van der Waals surface area contributed by atoms with Gasteiger partial charge in [0.2, 0.25) is 6.41 Å². The van der Waals surface area contributed by atoms with Crippen molar-refractivity contribution in [3.8, 4) is 0 Å². The molecule has 3 nitrogen and oxygen atoms in total. The molecule has 0 radical (unpaired) electrons. The second-order valence-corrected chi connectivity index (χ2v) is 3.14. The normalized spacial score (nSPS) is 11.1. The summed E-state index contributed by atoms with van der Waals surface area (Å²) >= 11 is 0. The van der Waals surface area contributed by atoms with Crippen LogP contribution in [0.4, 0.5) is 0 Å². The fourth-order valence-corrected chi connectivity index (χ4v) is 0.969.